The van der Waals surface area contributed by atoms with Gasteiger partial charge in [0, 0.05) is 23.8 Å². The van der Waals surface area contributed by atoms with Gasteiger partial charge in [-0.25, -0.2) is 8.78 Å². The Bertz CT molecular complexity index is 600. The van der Waals surface area contributed by atoms with Crippen molar-refractivity contribution in [3.63, 3.8) is 0 Å². The lowest BCUT2D eigenvalue weighted by Crippen LogP contribution is -2.64. The van der Waals surface area contributed by atoms with Crippen LogP contribution in [0.3, 0.4) is 0 Å². The van der Waals surface area contributed by atoms with E-state index in [-0.39, 0.29) is 18.5 Å². The zero-order chi connectivity index (χ0) is 17.7. The van der Waals surface area contributed by atoms with Gasteiger partial charge in [0.15, 0.2) is 0 Å². The fourth-order valence-electron chi connectivity index (χ4n) is 2.79. The normalized spacial score (nSPS) is 25.1. The van der Waals surface area contributed by atoms with Gasteiger partial charge in [-0.05, 0) is 37.6 Å². The van der Waals surface area contributed by atoms with Crippen LogP contribution in [0.2, 0.25) is 0 Å². The average Bonchev–Trinajstić information content (AvgIpc) is 2.55. The molecule has 0 saturated carbocycles. The van der Waals surface area contributed by atoms with Crippen LogP contribution in [0, 0.1) is 18.3 Å². The molecule has 0 radical (unpaired) electrons. The number of benzene rings is 1. The molecule has 0 spiro atoms. The standard InChI is InChI=1S/C17H22F2N4O/c1-3-11-4-6-12(7-5-11)22-17(24)13(9-20)16-21-10(2)8-14(23-16)15(18)19/h1,4-7,10,13-16,21,23H,8-9,20H2,2H3,(H,22,24). The van der Waals surface area contributed by atoms with Gasteiger partial charge in [0.2, 0.25) is 5.91 Å². The van der Waals surface area contributed by atoms with Crippen LogP contribution in [0.5, 0.6) is 0 Å². The highest BCUT2D eigenvalue weighted by Crippen LogP contribution is 2.18. The molecule has 2 rings (SSSR count). The summed E-state index contributed by atoms with van der Waals surface area (Å²) in [7, 11) is 0. The third-order valence-electron chi connectivity index (χ3n) is 4.08. The minimum Gasteiger partial charge on any atom is -0.330 e. The lowest BCUT2D eigenvalue weighted by atomic mass is 9.97. The van der Waals surface area contributed by atoms with Crippen molar-refractivity contribution in [3.8, 4) is 12.3 Å². The van der Waals surface area contributed by atoms with E-state index in [0.717, 1.165) is 0 Å². The first kappa shape index (κ1) is 18.3. The number of rotatable bonds is 5. The molecule has 1 fully saturated rings. The summed E-state index contributed by atoms with van der Waals surface area (Å²) in [6.45, 7) is 1.84. The number of hydrogen-bond donors (Lipinski definition) is 4. The van der Waals surface area contributed by atoms with Gasteiger partial charge >= 0.3 is 0 Å². The van der Waals surface area contributed by atoms with Gasteiger partial charge in [0.25, 0.3) is 6.43 Å². The monoisotopic (exact) mass is 336 g/mol. The lowest BCUT2D eigenvalue weighted by Gasteiger charge is -2.39. The van der Waals surface area contributed by atoms with Crippen LogP contribution in [0.25, 0.3) is 0 Å². The summed E-state index contributed by atoms with van der Waals surface area (Å²) < 4.78 is 26.0. The Morgan fingerprint density at radius 2 is 2.08 bits per heavy atom. The molecule has 0 bridgehead atoms. The van der Waals surface area contributed by atoms with Crippen molar-refractivity contribution in [1.29, 1.82) is 0 Å². The summed E-state index contributed by atoms with van der Waals surface area (Å²) in [6.07, 6.45) is 2.48. The van der Waals surface area contributed by atoms with Crippen LogP contribution in [0.15, 0.2) is 24.3 Å². The Morgan fingerprint density at radius 3 is 2.62 bits per heavy atom. The molecule has 1 aliphatic rings. The molecular weight excluding hydrogens is 314 g/mol. The second kappa shape index (κ2) is 8.20. The molecule has 1 saturated heterocycles. The van der Waals surface area contributed by atoms with E-state index in [1.54, 1.807) is 24.3 Å². The van der Waals surface area contributed by atoms with Gasteiger partial charge in [-0.1, -0.05) is 5.92 Å². The van der Waals surface area contributed by atoms with Crippen molar-refractivity contribution in [1.82, 2.24) is 10.6 Å². The predicted molar refractivity (Wildman–Crippen MR) is 89.5 cm³/mol. The van der Waals surface area contributed by atoms with Gasteiger partial charge in [0.1, 0.15) is 0 Å². The first-order chi connectivity index (χ1) is 11.4. The number of amides is 1. The molecule has 1 aliphatic heterocycles. The van der Waals surface area contributed by atoms with Crippen molar-refractivity contribution in [2.75, 3.05) is 11.9 Å². The number of carbonyl (C=O) groups is 1. The van der Waals surface area contributed by atoms with E-state index in [4.69, 9.17) is 12.2 Å². The zero-order valence-corrected chi connectivity index (χ0v) is 13.4. The number of halogens is 2. The SMILES string of the molecule is C#Cc1ccc(NC(=O)C(CN)C2NC(C)CC(C(F)F)N2)cc1. The first-order valence-electron chi connectivity index (χ1n) is 7.82. The Labute approximate surface area is 140 Å². The van der Waals surface area contributed by atoms with E-state index in [9.17, 15) is 13.6 Å². The number of alkyl halides is 2. The molecule has 4 atom stereocenters. The lowest BCUT2D eigenvalue weighted by molar-refractivity contribution is -0.121. The summed E-state index contributed by atoms with van der Waals surface area (Å²) >= 11 is 0. The molecule has 24 heavy (non-hydrogen) atoms. The third kappa shape index (κ3) is 4.51. The largest absolute Gasteiger partial charge is 0.330 e. The van der Waals surface area contributed by atoms with Crippen LogP contribution in [-0.4, -0.2) is 37.1 Å². The van der Waals surface area contributed by atoms with E-state index in [2.05, 4.69) is 21.9 Å². The maximum atomic E-state index is 13.0. The minimum atomic E-state index is -2.49. The quantitative estimate of drug-likeness (QED) is 0.608. The van der Waals surface area contributed by atoms with E-state index >= 15 is 0 Å². The molecule has 0 aliphatic carbocycles. The van der Waals surface area contributed by atoms with Gasteiger partial charge < -0.3 is 11.1 Å². The molecule has 1 aromatic carbocycles. The number of anilines is 1. The van der Waals surface area contributed by atoms with Gasteiger partial charge in [-0.15, -0.1) is 6.42 Å². The number of terminal acetylenes is 1. The van der Waals surface area contributed by atoms with Crippen LogP contribution in [-0.2, 0) is 4.79 Å². The van der Waals surface area contributed by atoms with E-state index in [1.807, 2.05) is 6.92 Å². The van der Waals surface area contributed by atoms with Crippen LogP contribution in [0.4, 0.5) is 14.5 Å². The molecular formula is C17H22F2N4O. The van der Waals surface area contributed by atoms with Crippen molar-refractivity contribution >= 4 is 11.6 Å². The molecule has 4 unspecified atom stereocenters. The Hall–Kier alpha value is -2.01. The smallest absolute Gasteiger partial charge is 0.253 e. The van der Waals surface area contributed by atoms with Crippen molar-refractivity contribution in [2.24, 2.45) is 11.7 Å². The maximum Gasteiger partial charge on any atom is 0.253 e. The molecule has 7 heteroatoms. The highest BCUT2D eigenvalue weighted by Gasteiger charge is 2.36. The summed E-state index contributed by atoms with van der Waals surface area (Å²) in [5, 5.41) is 8.66. The molecule has 1 aromatic rings. The first-order valence-corrected chi connectivity index (χ1v) is 7.82. The highest BCUT2D eigenvalue weighted by atomic mass is 19.3. The van der Waals surface area contributed by atoms with Crippen molar-refractivity contribution in [3.05, 3.63) is 29.8 Å². The zero-order valence-electron chi connectivity index (χ0n) is 13.4. The summed E-state index contributed by atoms with van der Waals surface area (Å²) in [5.74, 6) is 1.48. The summed E-state index contributed by atoms with van der Waals surface area (Å²) in [6, 6.07) is 5.70. The minimum absolute atomic E-state index is 0.0294. The Morgan fingerprint density at radius 1 is 1.42 bits per heavy atom. The van der Waals surface area contributed by atoms with E-state index in [0.29, 0.717) is 17.7 Å². The second-order valence-electron chi connectivity index (χ2n) is 5.94. The van der Waals surface area contributed by atoms with Gasteiger partial charge in [-0.2, -0.15) is 0 Å². The average molecular weight is 336 g/mol. The molecule has 5 nitrogen and oxygen atoms in total. The second-order valence-corrected chi connectivity index (χ2v) is 5.94. The molecule has 1 heterocycles. The number of nitrogens with two attached hydrogens (primary N) is 1. The topological polar surface area (TPSA) is 79.2 Å². The molecule has 1 amide bonds. The Kier molecular flexibility index (Phi) is 6.26. The van der Waals surface area contributed by atoms with Crippen LogP contribution in [0.1, 0.15) is 18.9 Å². The summed E-state index contributed by atoms with van der Waals surface area (Å²) in [5.41, 5.74) is 6.99. The van der Waals surface area contributed by atoms with Crippen molar-refractivity contribution < 1.29 is 13.6 Å². The van der Waals surface area contributed by atoms with Gasteiger partial charge in [-0.3, -0.25) is 15.4 Å². The predicted octanol–water partition coefficient (Wildman–Crippen LogP) is 1.11. The highest BCUT2D eigenvalue weighted by molar-refractivity contribution is 5.93. The van der Waals surface area contributed by atoms with Gasteiger partial charge in [0.05, 0.1) is 18.1 Å². The third-order valence-corrected chi connectivity index (χ3v) is 4.08. The fraction of sp³-hybridized carbons (Fsp3) is 0.471. The number of nitrogens with one attached hydrogen (secondary N) is 3. The van der Waals surface area contributed by atoms with E-state index < -0.39 is 24.6 Å². The van der Waals surface area contributed by atoms with Crippen molar-refractivity contribution in [2.45, 2.75) is 38.0 Å². The molecule has 0 aromatic heterocycles. The molecule has 130 valence electrons. The van der Waals surface area contributed by atoms with E-state index in [1.165, 1.54) is 0 Å². The number of carbonyl (C=O) groups excluding carboxylic acids is 1. The van der Waals surface area contributed by atoms with Crippen LogP contribution < -0.4 is 21.7 Å². The maximum absolute atomic E-state index is 13.0. The Balaban J connectivity index is 2.05. The number of hydrogen-bond acceptors (Lipinski definition) is 4. The fourth-order valence-corrected chi connectivity index (χ4v) is 2.79. The summed E-state index contributed by atoms with van der Waals surface area (Å²) in [4.78, 5) is 12.5. The van der Waals surface area contributed by atoms with Crippen LogP contribution >= 0.6 is 0 Å². The molecule has 5 N–H and O–H groups in total.